The fraction of sp³-hybridized carbons (Fsp3) is 0.355. The summed E-state index contributed by atoms with van der Waals surface area (Å²) in [5.41, 5.74) is -0.0593. The Labute approximate surface area is 535 Å². The summed E-state index contributed by atoms with van der Waals surface area (Å²) in [7, 11) is -3.96. The number of nitrogens with zero attached hydrogens (tertiary/aromatic N) is 8. The third kappa shape index (κ3) is 13.9. The SMILES string of the molecule is COc1ccc(C(OC[C@H]2O[C@@H](n3cnc4c(NC(=O)c5ccccc5)ncnc43)C[C@@H]2O[PH](=O)OC[C@H]2O[C@@H](n3cnc4c(=O)[nH]c(NC(=O)C(C)C)nc43)C[C@@H]2O[PH](=O)OC[C@H]2O[C@@H](n3cc(C)c(=O)[nH]c3=O)C[C@@H]2O)(c2ccccc2)c2ccc(OC)cc2)cc1. The van der Waals surface area contributed by atoms with Crippen LogP contribution in [0.2, 0.25) is 0 Å². The van der Waals surface area contributed by atoms with Crippen molar-refractivity contribution < 1.29 is 70.3 Å². The first-order valence-electron chi connectivity index (χ1n) is 29.9. The van der Waals surface area contributed by atoms with Crippen LogP contribution < -0.4 is 36.9 Å². The minimum Gasteiger partial charge on any atom is -0.497 e. The van der Waals surface area contributed by atoms with Crippen LogP contribution in [0.4, 0.5) is 11.8 Å². The van der Waals surface area contributed by atoms with E-state index in [1.54, 1.807) is 63.0 Å². The lowest BCUT2D eigenvalue weighted by atomic mass is 9.80. The molecule has 4 aromatic carbocycles. The minimum atomic E-state index is -3.60. The first-order valence-corrected chi connectivity index (χ1v) is 32.3. The molecule has 12 rings (SSSR count). The van der Waals surface area contributed by atoms with Crippen molar-refractivity contribution in [3.05, 3.63) is 193 Å². The van der Waals surface area contributed by atoms with Gasteiger partial charge in [0.1, 0.15) is 60.4 Å². The molecule has 3 fully saturated rings. The third-order valence-corrected chi connectivity index (χ3v) is 18.1. The molecule has 2 unspecified atom stereocenters. The maximum atomic E-state index is 14.6. The molecule has 30 nitrogen and oxygen atoms in total. The highest BCUT2D eigenvalue weighted by atomic mass is 31.1. The average molecular weight is 1330 g/mol. The molecule has 5 N–H and O–H groups in total. The number of aliphatic hydroxyl groups excluding tert-OH is 1. The van der Waals surface area contributed by atoms with Crippen molar-refractivity contribution >= 4 is 62.4 Å². The second-order valence-corrected chi connectivity index (χ2v) is 24.7. The molecular formula is C62H66N12O18P2. The van der Waals surface area contributed by atoms with E-state index in [-0.39, 0.29) is 59.9 Å². The van der Waals surface area contributed by atoms with Gasteiger partial charge in [-0.3, -0.25) is 57.3 Å². The van der Waals surface area contributed by atoms with Crippen LogP contribution >= 0.6 is 16.5 Å². The normalized spacial score (nSPS) is 22.0. The molecule has 3 saturated heterocycles. The summed E-state index contributed by atoms with van der Waals surface area (Å²) in [6, 6.07) is 33.1. The molecule has 0 aliphatic carbocycles. The Morgan fingerprint density at radius 3 is 1.80 bits per heavy atom. The number of fused-ring (bicyclic) bond motifs is 2. The number of hydrogen-bond donors (Lipinski definition) is 5. The van der Waals surface area contributed by atoms with Crippen LogP contribution in [0.1, 0.15) is 84.4 Å². The largest absolute Gasteiger partial charge is 0.497 e. The van der Waals surface area contributed by atoms with Gasteiger partial charge in [-0.05, 0) is 60.0 Å². The number of benzene rings is 4. The molecule has 3 aliphatic rings. The van der Waals surface area contributed by atoms with E-state index in [2.05, 4.69) is 45.5 Å². The molecule has 0 bridgehead atoms. The molecule has 0 spiro atoms. The Hall–Kier alpha value is -8.90. The van der Waals surface area contributed by atoms with Gasteiger partial charge in [-0.15, -0.1) is 0 Å². The van der Waals surface area contributed by atoms with E-state index in [9.17, 15) is 38.2 Å². The summed E-state index contributed by atoms with van der Waals surface area (Å²) in [6.07, 6.45) is -4.38. The number of amides is 2. The number of aryl methyl sites for hydroxylation is 1. The van der Waals surface area contributed by atoms with Crippen molar-refractivity contribution in [3.63, 3.8) is 0 Å². The van der Waals surface area contributed by atoms with E-state index in [1.807, 2.05) is 78.9 Å². The molecule has 32 heteroatoms. The van der Waals surface area contributed by atoms with Crippen molar-refractivity contribution in [2.24, 2.45) is 5.92 Å². The number of ether oxygens (including phenoxy) is 6. The number of aromatic amines is 2. The highest BCUT2D eigenvalue weighted by Gasteiger charge is 2.46. The van der Waals surface area contributed by atoms with E-state index in [4.69, 9.17) is 46.5 Å². The molecule has 94 heavy (non-hydrogen) atoms. The zero-order valence-electron chi connectivity index (χ0n) is 51.2. The van der Waals surface area contributed by atoms with E-state index in [0.29, 0.717) is 33.8 Å². The number of imidazole rings is 2. The molecule has 11 atom stereocenters. The van der Waals surface area contributed by atoms with Crippen molar-refractivity contribution in [3.8, 4) is 11.5 Å². The van der Waals surface area contributed by atoms with E-state index < -0.39 is 125 Å². The second-order valence-electron chi connectivity index (χ2n) is 22.6. The molecular weight excluding hydrogens is 1260 g/mol. The molecule has 8 heterocycles. The van der Waals surface area contributed by atoms with Crippen LogP contribution in [0.3, 0.4) is 0 Å². The number of methoxy groups -OCH3 is 2. The molecule has 0 saturated carbocycles. The predicted octanol–water partition coefficient (Wildman–Crippen LogP) is 6.50. The molecule has 0 radical (unpaired) electrons. The second kappa shape index (κ2) is 28.4. The summed E-state index contributed by atoms with van der Waals surface area (Å²) in [5.74, 6) is -0.102. The zero-order chi connectivity index (χ0) is 65.8. The van der Waals surface area contributed by atoms with Gasteiger partial charge in [-0.1, -0.05) is 86.6 Å². The third-order valence-electron chi connectivity index (χ3n) is 16.3. The number of aromatic nitrogens is 10. The first kappa shape index (κ1) is 65.2. The predicted molar refractivity (Wildman–Crippen MR) is 337 cm³/mol. The van der Waals surface area contributed by atoms with Crippen LogP contribution in [0.25, 0.3) is 22.3 Å². The van der Waals surface area contributed by atoms with Gasteiger partial charge in [0, 0.05) is 42.5 Å². The Bertz CT molecular complexity index is 4370. The van der Waals surface area contributed by atoms with Gasteiger partial charge >= 0.3 is 22.2 Å². The fourth-order valence-corrected chi connectivity index (χ4v) is 13.1. The Morgan fingerprint density at radius 1 is 0.649 bits per heavy atom. The summed E-state index contributed by atoms with van der Waals surface area (Å²) < 4.78 is 94.7. The number of aliphatic hydroxyl groups is 1. The smallest absolute Gasteiger partial charge is 0.330 e. The van der Waals surface area contributed by atoms with Gasteiger partial charge in [-0.2, -0.15) is 4.98 Å². The Balaban J connectivity index is 0.823. The Morgan fingerprint density at radius 2 is 1.19 bits per heavy atom. The van der Waals surface area contributed by atoms with Gasteiger partial charge < -0.3 is 56.9 Å². The lowest BCUT2D eigenvalue weighted by Crippen LogP contribution is -2.38. The summed E-state index contributed by atoms with van der Waals surface area (Å²) in [6.45, 7) is 3.68. The monoisotopic (exact) mass is 1330 g/mol. The zero-order valence-corrected chi connectivity index (χ0v) is 53.2. The lowest BCUT2D eigenvalue weighted by molar-refractivity contribution is -0.118. The number of carbonyl (C=O) groups excluding carboxylic acids is 2. The first-order chi connectivity index (χ1) is 45.5. The van der Waals surface area contributed by atoms with E-state index >= 15 is 0 Å². The van der Waals surface area contributed by atoms with E-state index in [1.165, 1.54) is 36.7 Å². The molecule has 5 aromatic heterocycles. The summed E-state index contributed by atoms with van der Waals surface area (Å²) in [5, 5.41) is 16.4. The van der Waals surface area contributed by atoms with Crippen LogP contribution in [0.15, 0.2) is 149 Å². The number of anilines is 2. The van der Waals surface area contributed by atoms with Crippen molar-refractivity contribution in [2.75, 3.05) is 44.7 Å². The number of rotatable bonds is 25. The molecule has 492 valence electrons. The van der Waals surface area contributed by atoms with Gasteiger partial charge in [0.25, 0.3) is 17.0 Å². The topological polar surface area (TPSA) is 367 Å². The standard InChI is InChI=1S/C62H66N12O18P2/c1-34(2)56(76)69-60-68-55-52(59(79)70-60)66-33-74(55)50-26-44(92-93(81)86-29-45-42(75)24-48(88-45)72-27-35(3)57(77)71-61(72)80)47(90-50)30-87-94(82)91-43-25-49(73-32-65-51-53(63-31-64-54(51)73)67-58(78)36-12-8-6-9-13-36)89-46(43)28-85-62(37-14-10-7-11-15-37,38-16-20-40(83-4)21-17-38)39-18-22-41(84-5)23-19-39/h6-23,27,31-34,42-50,75,93-94H,24-26,28-30H2,1-5H3,(H,71,77,80)(H,63,64,67,78)(H2,68,69,70,76,79)/t42-,43-,44-,45+,46+,47+,48+,49+,50+/m0/s1. The number of H-pyrrole nitrogens is 2. The van der Waals surface area contributed by atoms with Crippen LogP contribution in [-0.2, 0) is 56.6 Å². The van der Waals surface area contributed by atoms with Gasteiger partial charge in [0.2, 0.25) is 11.9 Å². The number of hydrogen-bond acceptors (Lipinski definition) is 23. The molecule has 2 amide bonds. The maximum absolute atomic E-state index is 14.6. The lowest BCUT2D eigenvalue weighted by Gasteiger charge is -2.37. The Kier molecular flexibility index (Phi) is 19.7. The quantitative estimate of drug-likeness (QED) is 0.0301. The van der Waals surface area contributed by atoms with Crippen LogP contribution in [-0.4, -0.2) is 136 Å². The summed E-state index contributed by atoms with van der Waals surface area (Å²) >= 11 is 0. The highest BCUT2D eigenvalue weighted by molar-refractivity contribution is 7.33. The average Bonchev–Trinajstić information content (AvgIpc) is 1.34. The van der Waals surface area contributed by atoms with Gasteiger partial charge in [-0.25, -0.2) is 24.7 Å². The van der Waals surface area contributed by atoms with Crippen molar-refractivity contribution in [1.29, 1.82) is 0 Å². The highest BCUT2D eigenvalue weighted by Crippen LogP contribution is 2.46. The van der Waals surface area contributed by atoms with Gasteiger partial charge in [0.15, 0.2) is 28.1 Å². The van der Waals surface area contributed by atoms with Crippen LogP contribution in [0.5, 0.6) is 11.5 Å². The molecule has 3 aliphatic heterocycles. The van der Waals surface area contributed by atoms with Crippen molar-refractivity contribution in [1.82, 2.24) is 48.6 Å². The fourth-order valence-electron chi connectivity index (χ4n) is 11.4. The molecule has 9 aromatic rings. The van der Waals surface area contributed by atoms with E-state index in [0.717, 1.165) is 10.1 Å². The summed E-state index contributed by atoms with van der Waals surface area (Å²) in [4.78, 5) is 91.1. The maximum Gasteiger partial charge on any atom is 0.330 e. The van der Waals surface area contributed by atoms with Gasteiger partial charge in [0.05, 0.1) is 65.0 Å². The van der Waals surface area contributed by atoms with Crippen LogP contribution in [0, 0.1) is 12.8 Å². The number of carbonyl (C=O) groups is 2. The minimum absolute atomic E-state index is 0.0114. The van der Waals surface area contributed by atoms with Crippen molar-refractivity contribution in [2.45, 2.75) is 101 Å². The number of nitrogens with one attached hydrogen (secondary N) is 4.